The highest BCUT2D eigenvalue weighted by Gasteiger charge is 2.27. The fourth-order valence-electron chi connectivity index (χ4n) is 4.40. The molecule has 1 aliphatic heterocycles. The van der Waals surface area contributed by atoms with Crippen LogP contribution in [-0.2, 0) is 19.4 Å². The molecule has 0 saturated heterocycles. The summed E-state index contributed by atoms with van der Waals surface area (Å²) in [6.07, 6.45) is 2.93. The van der Waals surface area contributed by atoms with Gasteiger partial charge in [-0.05, 0) is 43.9 Å². The van der Waals surface area contributed by atoms with Crippen molar-refractivity contribution in [1.29, 1.82) is 0 Å². The van der Waals surface area contributed by atoms with Gasteiger partial charge in [0.2, 0.25) is 0 Å². The van der Waals surface area contributed by atoms with Crippen LogP contribution in [0.15, 0.2) is 42.5 Å². The maximum Gasteiger partial charge on any atom is 0.255 e. The van der Waals surface area contributed by atoms with Gasteiger partial charge in [-0.15, -0.1) is 0 Å². The van der Waals surface area contributed by atoms with Crippen molar-refractivity contribution in [3.05, 3.63) is 64.8 Å². The number of para-hydroxylation sites is 2. The van der Waals surface area contributed by atoms with Crippen LogP contribution >= 0.6 is 0 Å². The van der Waals surface area contributed by atoms with E-state index >= 15 is 0 Å². The van der Waals surface area contributed by atoms with E-state index in [4.69, 9.17) is 14.5 Å². The first kappa shape index (κ1) is 18.0. The van der Waals surface area contributed by atoms with Gasteiger partial charge in [0.1, 0.15) is 13.2 Å². The molecule has 1 amide bonds. The number of hydrogen-bond donors (Lipinski definition) is 0. The summed E-state index contributed by atoms with van der Waals surface area (Å²) in [5, 5.41) is 0.950. The van der Waals surface area contributed by atoms with Gasteiger partial charge in [0.05, 0.1) is 11.1 Å². The number of pyridine rings is 1. The Hall–Kier alpha value is -3.08. The number of nitrogens with zero attached hydrogens (tertiary/aromatic N) is 2. The average molecular weight is 388 g/mol. The van der Waals surface area contributed by atoms with Crippen LogP contribution in [0.2, 0.25) is 0 Å². The third kappa shape index (κ3) is 3.11. The molecule has 1 aliphatic carbocycles. The summed E-state index contributed by atoms with van der Waals surface area (Å²) >= 11 is 0. The Kier molecular flexibility index (Phi) is 4.58. The SMILES string of the molecule is CCN(Cc1cccc2c1OCCO2)C(=O)c1c2c(nc3ccccc13)CCC2. The summed E-state index contributed by atoms with van der Waals surface area (Å²) in [4.78, 5) is 20.5. The van der Waals surface area contributed by atoms with Gasteiger partial charge in [-0.2, -0.15) is 0 Å². The Morgan fingerprint density at radius 2 is 1.93 bits per heavy atom. The normalized spacial score (nSPS) is 14.7. The van der Waals surface area contributed by atoms with E-state index in [1.807, 2.05) is 54.3 Å². The first-order valence-electron chi connectivity index (χ1n) is 10.3. The Morgan fingerprint density at radius 1 is 1.07 bits per heavy atom. The van der Waals surface area contributed by atoms with Gasteiger partial charge >= 0.3 is 0 Å². The lowest BCUT2D eigenvalue weighted by Crippen LogP contribution is -2.32. The molecule has 0 atom stereocenters. The van der Waals surface area contributed by atoms with E-state index in [1.54, 1.807) is 0 Å². The molecule has 0 spiro atoms. The molecule has 0 N–H and O–H groups in total. The first-order valence-corrected chi connectivity index (χ1v) is 10.3. The molecule has 0 saturated carbocycles. The van der Waals surface area contributed by atoms with Crippen molar-refractivity contribution in [2.24, 2.45) is 0 Å². The number of hydrogen-bond acceptors (Lipinski definition) is 4. The summed E-state index contributed by atoms with van der Waals surface area (Å²) < 4.78 is 11.6. The van der Waals surface area contributed by atoms with E-state index in [0.717, 1.165) is 64.0 Å². The second-order valence-corrected chi connectivity index (χ2v) is 7.54. The lowest BCUT2D eigenvalue weighted by Gasteiger charge is -2.26. The third-order valence-corrected chi connectivity index (χ3v) is 5.81. The van der Waals surface area contributed by atoms with Crippen molar-refractivity contribution in [2.75, 3.05) is 19.8 Å². The lowest BCUT2D eigenvalue weighted by atomic mass is 9.99. The molecule has 29 heavy (non-hydrogen) atoms. The highest BCUT2D eigenvalue weighted by molar-refractivity contribution is 6.07. The monoisotopic (exact) mass is 388 g/mol. The zero-order chi connectivity index (χ0) is 19.8. The van der Waals surface area contributed by atoms with Crippen LogP contribution in [0.3, 0.4) is 0 Å². The van der Waals surface area contributed by atoms with Crippen molar-refractivity contribution in [3.63, 3.8) is 0 Å². The number of rotatable bonds is 4. The van der Waals surface area contributed by atoms with Gasteiger partial charge in [-0.1, -0.05) is 30.3 Å². The standard InChI is InChI=1S/C24H24N2O3/c1-2-26(15-16-7-5-12-21-23(16)29-14-13-28-21)24(27)22-17-8-3-4-10-19(17)25-20-11-6-9-18(20)22/h3-5,7-8,10,12H,2,6,9,11,13-15H2,1H3. The van der Waals surface area contributed by atoms with Crippen LogP contribution in [-0.4, -0.2) is 35.5 Å². The van der Waals surface area contributed by atoms with Crippen LogP contribution in [0.4, 0.5) is 0 Å². The Morgan fingerprint density at radius 3 is 2.83 bits per heavy atom. The molecule has 3 aromatic rings. The zero-order valence-electron chi connectivity index (χ0n) is 16.6. The number of carbonyl (C=O) groups is 1. The maximum absolute atomic E-state index is 13.7. The van der Waals surface area contributed by atoms with Crippen molar-refractivity contribution in [3.8, 4) is 11.5 Å². The molecule has 5 heteroatoms. The molecule has 0 fully saturated rings. The predicted molar refractivity (Wildman–Crippen MR) is 112 cm³/mol. The van der Waals surface area contributed by atoms with Crippen LogP contribution in [0.5, 0.6) is 11.5 Å². The smallest absolute Gasteiger partial charge is 0.255 e. The van der Waals surface area contributed by atoms with Gasteiger partial charge < -0.3 is 14.4 Å². The number of aryl methyl sites for hydroxylation is 1. The van der Waals surface area contributed by atoms with Gasteiger partial charge in [0, 0.05) is 29.7 Å². The highest BCUT2D eigenvalue weighted by atomic mass is 16.6. The molecule has 0 radical (unpaired) electrons. The number of aromatic nitrogens is 1. The Labute approximate surface area is 170 Å². The minimum Gasteiger partial charge on any atom is -0.486 e. The molecule has 5 rings (SSSR count). The number of carbonyl (C=O) groups excluding carboxylic acids is 1. The predicted octanol–water partition coefficient (Wildman–Crippen LogP) is 4.16. The highest BCUT2D eigenvalue weighted by Crippen LogP contribution is 2.35. The molecular weight excluding hydrogens is 364 g/mol. The van der Waals surface area contributed by atoms with E-state index in [1.165, 1.54) is 0 Å². The molecule has 0 bridgehead atoms. The minimum absolute atomic E-state index is 0.0681. The second kappa shape index (κ2) is 7.39. The fourth-order valence-corrected chi connectivity index (χ4v) is 4.40. The molecular formula is C24H24N2O3. The van der Waals surface area contributed by atoms with Crippen LogP contribution < -0.4 is 9.47 Å². The molecule has 148 valence electrons. The molecule has 2 aliphatic rings. The summed E-state index contributed by atoms with van der Waals surface area (Å²) in [6.45, 7) is 4.23. The van der Waals surface area contributed by atoms with Gasteiger partial charge in [-0.25, -0.2) is 0 Å². The Bertz CT molecular complexity index is 1090. The van der Waals surface area contributed by atoms with E-state index in [2.05, 4.69) is 0 Å². The molecule has 2 aromatic carbocycles. The van der Waals surface area contributed by atoms with Gasteiger partial charge in [0.15, 0.2) is 11.5 Å². The maximum atomic E-state index is 13.7. The number of benzene rings is 2. The molecule has 1 aromatic heterocycles. The van der Waals surface area contributed by atoms with Crippen molar-refractivity contribution < 1.29 is 14.3 Å². The largest absolute Gasteiger partial charge is 0.486 e. The third-order valence-electron chi connectivity index (χ3n) is 5.81. The van der Waals surface area contributed by atoms with Crippen molar-refractivity contribution >= 4 is 16.8 Å². The summed E-state index contributed by atoms with van der Waals surface area (Å²) in [5.74, 6) is 1.58. The molecule has 2 heterocycles. The quantitative estimate of drug-likeness (QED) is 0.674. The second-order valence-electron chi connectivity index (χ2n) is 7.54. The summed E-state index contributed by atoms with van der Waals surface area (Å²) in [6, 6.07) is 13.9. The fraction of sp³-hybridized carbons (Fsp3) is 0.333. The van der Waals surface area contributed by atoms with Crippen LogP contribution in [0.1, 0.15) is 40.5 Å². The molecule has 0 unspecified atom stereocenters. The van der Waals surface area contributed by atoms with Crippen LogP contribution in [0.25, 0.3) is 10.9 Å². The topological polar surface area (TPSA) is 51.7 Å². The van der Waals surface area contributed by atoms with E-state index in [-0.39, 0.29) is 5.91 Å². The van der Waals surface area contributed by atoms with Crippen molar-refractivity contribution in [2.45, 2.75) is 32.7 Å². The van der Waals surface area contributed by atoms with E-state index in [9.17, 15) is 4.79 Å². The summed E-state index contributed by atoms with van der Waals surface area (Å²) in [7, 11) is 0. The minimum atomic E-state index is 0.0681. The Balaban J connectivity index is 1.55. The van der Waals surface area contributed by atoms with Gasteiger partial charge in [0.25, 0.3) is 5.91 Å². The summed E-state index contributed by atoms with van der Waals surface area (Å²) in [5.41, 5.74) is 4.92. The van der Waals surface area contributed by atoms with E-state index < -0.39 is 0 Å². The number of fused-ring (bicyclic) bond motifs is 3. The average Bonchev–Trinajstić information content (AvgIpc) is 3.23. The first-order chi connectivity index (χ1) is 14.3. The van der Waals surface area contributed by atoms with Gasteiger partial charge in [-0.3, -0.25) is 9.78 Å². The number of ether oxygens (including phenoxy) is 2. The number of amides is 1. The van der Waals surface area contributed by atoms with Crippen LogP contribution in [0, 0.1) is 0 Å². The van der Waals surface area contributed by atoms with Crippen molar-refractivity contribution in [1.82, 2.24) is 9.88 Å². The zero-order valence-corrected chi connectivity index (χ0v) is 16.6. The lowest BCUT2D eigenvalue weighted by molar-refractivity contribution is 0.0750. The molecule has 5 nitrogen and oxygen atoms in total. The van der Waals surface area contributed by atoms with E-state index in [0.29, 0.717) is 26.3 Å².